The molecular weight excluding hydrogens is 204 g/mol. The van der Waals surface area contributed by atoms with Crippen molar-refractivity contribution < 1.29 is 9.59 Å². The first-order valence-electron chi connectivity index (χ1n) is 6.12. The second-order valence-corrected chi connectivity index (χ2v) is 6.05. The maximum Gasteiger partial charge on any atom is 0.207 e. The number of carbonyl (C=O) groups is 2. The van der Waals surface area contributed by atoms with Gasteiger partial charge in [-0.25, -0.2) is 0 Å². The van der Waals surface area contributed by atoms with E-state index in [9.17, 15) is 9.59 Å². The van der Waals surface area contributed by atoms with Gasteiger partial charge in [0, 0.05) is 11.1 Å². The Labute approximate surface area is 95.2 Å². The molecule has 4 bridgehead atoms. The van der Waals surface area contributed by atoms with Gasteiger partial charge in [-0.05, 0) is 50.4 Å². The number of amides is 2. The molecular formula is C12H18N2O2. The molecule has 4 nitrogen and oxygen atoms in total. The van der Waals surface area contributed by atoms with Crippen LogP contribution in [-0.4, -0.2) is 23.9 Å². The summed E-state index contributed by atoms with van der Waals surface area (Å²) in [6.07, 6.45) is 8.28. The van der Waals surface area contributed by atoms with Gasteiger partial charge in [-0.15, -0.1) is 0 Å². The van der Waals surface area contributed by atoms with E-state index in [0.717, 1.165) is 44.9 Å². The summed E-state index contributed by atoms with van der Waals surface area (Å²) in [6, 6.07) is 0. The molecule has 16 heavy (non-hydrogen) atoms. The van der Waals surface area contributed by atoms with E-state index in [0.29, 0.717) is 11.8 Å². The van der Waals surface area contributed by atoms with Gasteiger partial charge in [0.2, 0.25) is 12.8 Å². The predicted molar refractivity (Wildman–Crippen MR) is 58.5 cm³/mol. The standard InChI is InChI=1S/C12H18N2O2/c15-7-13-11-2-9-1-10(4-11)5-12(3-9,6-11)14-8-16/h7-10H,1-6H2,(H,13,15)(H,14,16). The fraction of sp³-hybridized carbons (Fsp3) is 0.833. The molecule has 4 aliphatic rings. The number of rotatable bonds is 4. The summed E-state index contributed by atoms with van der Waals surface area (Å²) in [6.45, 7) is 0. The summed E-state index contributed by atoms with van der Waals surface area (Å²) in [5.41, 5.74) is -0.0519. The summed E-state index contributed by atoms with van der Waals surface area (Å²) in [5, 5.41) is 6.07. The highest BCUT2D eigenvalue weighted by molar-refractivity contribution is 5.51. The maximum absolute atomic E-state index is 10.8. The first kappa shape index (κ1) is 10.1. The number of hydrogen-bond acceptors (Lipinski definition) is 2. The van der Waals surface area contributed by atoms with Gasteiger partial charge in [-0.3, -0.25) is 9.59 Å². The number of hydrogen-bond donors (Lipinski definition) is 2. The Balaban J connectivity index is 1.90. The third-order valence-corrected chi connectivity index (χ3v) is 4.79. The molecule has 0 heterocycles. The van der Waals surface area contributed by atoms with Crippen LogP contribution >= 0.6 is 0 Å². The Morgan fingerprint density at radius 3 is 1.69 bits per heavy atom. The van der Waals surface area contributed by atoms with Crippen molar-refractivity contribution in [1.82, 2.24) is 10.6 Å². The Hall–Kier alpha value is -1.06. The Kier molecular flexibility index (Phi) is 2.03. The van der Waals surface area contributed by atoms with Crippen LogP contribution in [0.15, 0.2) is 0 Å². The second kappa shape index (κ2) is 3.22. The SMILES string of the molecule is O=CNC12CC3CC(C1)CC(NC=O)(C3)C2. The van der Waals surface area contributed by atoms with Gasteiger partial charge in [-0.2, -0.15) is 0 Å². The van der Waals surface area contributed by atoms with E-state index in [4.69, 9.17) is 0 Å². The van der Waals surface area contributed by atoms with Gasteiger partial charge in [-0.1, -0.05) is 0 Å². The van der Waals surface area contributed by atoms with Crippen LogP contribution in [0.3, 0.4) is 0 Å². The first-order chi connectivity index (χ1) is 7.69. The first-order valence-corrected chi connectivity index (χ1v) is 6.12. The topological polar surface area (TPSA) is 58.2 Å². The van der Waals surface area contributed by atoms with Crippen LogP contribution < -0.4 is 10.6 Å². The molecule has 4 fully saturated rings. The lowest BCUT2D eigenvalue weighted by Gasteiger charge is -2.61. The van der Waals surface area contributed by atoms with Gasteiger partial charge >= 0.3 is 0 Å². The zero-order valence-corrected chi connectivity index (χ0v) is 9.37. The fourth-order valence-electron chi connectivity index (χ4n) is 4.85. The van der Waals surface area contributed by atoms with Crippen molar-refractivity contribution in [2.45, 2.75) is 49.6 Å². The molecule has 0 radical (unpaired) electrons. The average molecular weight is 222 g/mol. The zero-order chi connectivity index (χ0) is 11.2. The smallest absolute Gasteiger partial charge is 0.207 e. The van der Waals surface area contributed by atoms with Crippen molar-refractivity contribution in [2.24, 2.45) is 11.8 Å². The maximum atomic E-state index is 10.8. The van der Waals surface area contributed by atoms with E-state index in [2.05, 4.69) is 10.6 Å². The van der Waals surface area contributed by atoms with Crippen LogP contribution in [0.5, 0.6) is 0 Å². The van der Waals surface area contributed by atoms with E-state index in [1.165, 1.54) is 6.42 Å². The van der Waals surface area contributed by atoms with Crippen LogP contribution in [0, 0.1) is 11.8 Å². The lowest BCUT2D eigenvalue weighted by atomic mass is 9.50. The Morgan fingerprint density at radius 1 is 0.875 bits per heavy atom. The quantitative estimate of drug-likeness (QED) is 0.683. The van der Waals surface area contributed by atoms with Crippen molar-refractivity contribution in [3.8, 4) is 0 Å². The van der Waals surface area contributed by atoms with Crippen LogP contribution in [0.25, 0.3) is 0 Å². The number of carbonyl (C=O) groups excluding carboxylic acids is 2. The van der Waals surface area contributed by atoms with Crippen molar-refractivity contribution >= 4 is 12.8 Å². The molecule has 0 atom stereocenters. The summed E-state index contributed by atoms with van der Waals surface area (Å²) in [7, 11) is 0. The molecule has 0 unspecified atom stereocenters. The van der Waals surface area contributed by atoms with E-state index < -0.39 is 0 Å². The Bertz CT molecular complexity index is 287. The van der Waals surface area contributed by atoms with Crippen LogP contribution in [0.4, 0.5) is 0 Å². The van der Waals surface area contributed by atoms with Gasteiger partial charge in [0.15, 0.2) is 0 Å². The molecule has 2 N–H and O–H groups in total. The van der Waals surface area contributed by atoms with Gasteiger partial charge in [0.05, 0.1) is 0 Å². The predicted octanol–water partition coefficient (Wildman–Crippen LogP) is 0.570. The minimum Gasteiger partial charge on any atom is -0.353 e. The molecule has 0 spiro atoms. The minimum absolute atomic E-state index is 0.0259. The molecule has 0 aromatic rings. The molecule has 4 heteroatoms. The molecule has 0 aliphatic heterocycles. The fourth-order valence-corrected chi connectivity index (χ4v) is 4.85. The number of nitrogens with one attached hydrogen (secondary N) is 2. The summed E-state index contributed by atoms with van der Waals surface area (Å²) < 4.78 is 0. The van der Waals surface area contributed by atoms with Gasteiger partial charge in [0.25, 0.3) is 0 Å². The Morgan fingerprint density at radius 2 is 1.31 bits per heavy atom. The zero-order valence-electron chi connectivity index (χ0n) is 9.37. The highest BCUT2D eigenvalue weighted by atomic mass is 16.1. The normalized spacial score (nSPS) is 48.8. The van der Waals surface area contributed by atoms with E-state index >= 15 is 0 Å². The van der Waals surface area contributed by atoms with Crippen molar-refractivity contribution in [2.75, 3.05) is 0 Å². The largest absolute Gasteiger partial charge is 0.353 e. The molecule has 0 aromatic heterocycles. The molecule has 0 aromatic carbocycles. The van der Waals surface area contributed by atoms with Crippen molar-refractivity contribution in [3.63, 3.8) is 0 Å². The third-order valence-electron chi connectivity index (χ3n) is 4.79. The van der Waals surface area contributed by atoms with Crippen LogP contribution in [0.2, 0.25) is 0 Å². The minimum atomic E-state index is -0.0259. The summed E-state index contributed by atoms with van der Waals surface area (Å²) in [4.78, 5) is 21.5. The molecule has 0 saturated heterocycles. The average Bonchev–Trinajstić information content (AvgIpc) is 2.14. The van der Waals surface area contributed by atoms with Crippen molar-refractivity contribution in [3.05, 3.63) is 0 Å². The molecule has 2 amide bonds. The summed E-state index contributed by atoms with van der Waals surface area (Å²) >= 11 is 0. The highest BCUT2D eigenvalue weighted by Gasteiger charge is 2.57. The monoisotopic (exact) mass is 222 g/mol. The third kappa shape index (κ3) is 1.35. The van der Waals surface area contributed by atoms with E-state index in [-0.39, 0.29) is 11.1 Å². The van der Waals surface area contributed by atoms with Crippen LogP contribution in [0.1, 0.15) is 38.5 Å². The highest BCUT2D eigenvalue weighted by Crippen LogP contribution is 2.57. The molecule has 4 rings (SSSR count). The van der Waals surface area contributed by atoms with Crippen molar-refractivity contribution in [1.29, 1.82) is 0 Å². The van der Waals surface area contributed by atoms with E-state index in [1.54, 1.807) is 0 Å². The lowest BCUT2D eigenvalue weighted by molar-refractivity contribution is -0.120. The summed E-state index contributed by atoms with van der Waals surface area (Å²) in [5.74, 6) is 1.36. The van der Waals surface area contributed by atoms with Gasteiger partial charge in [0.1, 0.15) is 0 Å². The second-order valence-electron chi connectivity index (χ2n) is 6.05. The molecule has 4 aliphatic carbocycles. The van der Waals surface area contributed by atoms with E-state index in [1.807, 2.05) is 0 Å². The van der Waals surface area contributed by atoms with Crippen LogP contribution in [-0.2, 0) is 9.59 Å². The van der Waals surface area contributed by atoms with Gasteiger partial charge < -0.3 is 10.6 Å². The molecule has 4 saturated carbocycles. The molecule has 88 valence electrons. The lowest BCUT2D eigenvalue weighted by Crippen LogP contribution is -2.68.